The van der Waals surface area contributed by atoms with Gasteiger partial charge in [0, 0.05) is 12.3 Å². The fourth-order valence-electron chi connectivity index (χ4n) is 1.92. The lowest BCUT2D eigenvalue weighted by molar-refractivity contribution is -0.128. The highest BCUT2D eigenvalue weighted by atomic mass is 35.5. The molecule has 1 N–H and O–H groups in total. The van der Waals surface area contributed by atoms with Crippen LogP contribution in [0, 0.1) is 5.82 Å². The lowest BCUT2D eigenvalue weighted by atomic mass is 10.2. The molecule has 1 fully saturated rings. The van der Waals surface area contributed by atoms with Gasteiger partial charge in [0.15, 0.2) is 0 Å². The van der Waals surface area contributed by atoms with E-state index in [4.69, 9.17) is 21.1 Å². The second kappa shape index (κ2) is 7.02. The number of rotatable bonds is 5. The van der Waals surface area contributed by atoms with E-state index in [1.165, 1.54) is 18.2 Å². The molecule has 1 heterocycles. The molecule has 0 aromatic heterocycles. The van der Waals surface area contributed by atoms with Gasteiger partial charge in [-0.25, -0.2) is 4.39 Å². The number of hydrogen-bond acceptors (Lipinski definition) is 3. The maximum atomic E-state index is 13.0. The summed E-state index contributed by atoms with van der Waals surface area (Å²) in [5.41, 5.74) is 0.439. The average Bonchev–Trinajstić information content (AvgIpc) is 2.93. The molecule has 20 heavy (non-hydrogen) atoms. The van der Waals surface area contributed by atoms with Crippen LogP contribution in [-0.4, -0.2) is 31.3 Å². The normalized spacial score (nSPS) is 19.9. The van der Waals surface area contributed by atoms with Crippen molar-refractivity contribution in [2.24, 2.45) is 0 Å². The van der Waals surface area contributed by atoms with Gasteiger partial charge >= 0.3 is 0 Å². The van der Waals surface area contributed by atoms with Gasteiger partial charge in [-0.1, -0.05) is 11.6 Å². The molecule has 6 heteroatoms. The van der Waals surface area contributed by atoms with E-state index in [1.54, 1.807) is 6.92 Å². The fraction of sp³-hybridized carbons (Fsp3) is 0.500. The Morgan fingerprint density at radius 3 is 3.10 bits per heavy atom. The number of benzene rings is 1. The number of anilines is 1. The summed E-state index contributed by atoms with van der Waals surface area (Å²) in [7, 11) is 0. The van der Waals surface area contributed by atoms with Crippen LogP contribution in [0.4, 0.5) is 10.1 Å². The minimum Gasteiger partial charge on any atom is -0.376 e. The van der Waals surface area contributed by atoms with Crippen LogP contribution in [0.15, 0.2) is 18.2 Å². The van der Waals surface area contributed by atoms with E-state index in [9.17, 15) is 9.18 Å². The summed E-state index contributed by atoms with van der Waals surface area (Å²) in [6.07, 6.45) is 1.46. The van der Waals surface area contributed by atoms with Gasteiger partial charge in [-0.05, 0) is 38.0 Å². The molecule has 0 radical (unpaired) electrons. The zero-order chi connectivity index (χ0) is 14.5. The molecule has 1 aromatic carbocycles. The van der Waals surface area contributed by atoms with E-state index in [2.05, 4.69) is 5.32 Å². The summed E-state index contributed by atoms with van der Waals surface area (Å²) in [5, 5.41) is 2.60. The predicted molar refractivity (Wildman–Crippen MR) is 74.4 cm³/mol. The van der Waals surface area contributed by atoms with Crippen molar-refractivity contribution in [1.82, 2.24) is 0 Å². The topological polar surface area (TPSA) is 47.6 Å². The van der Waals surface area contributed by atoms with E-state index >= 15 is 0 Å². The first-order valence-corrected chi connectivity index (χ1v) is 6.93. The minimum atomic E-state index is -0.608. The molecule has 2 atom stereocenters. The fourth-order valence-corrected chi connectivity index (χ4v) is 2.10. The van der Waals surface area contributed by atoms with Crippen LogP contribution in [-0.2, 0) is 14.3 Å². The molecular formula is C14H17ClFNO3. The quantitative estimate of drug-likeness (QED) is 0.909. The van der Waals surface area contributed by atoms with Crippen molar-refractivity contribution >= 4 is 23.2 Å². The van der Waals surface area contributed by atoms with Crippen molar-refractivity contribution in [2.75, 3.05) is 18.5 Å². The molecule has 0 saturated carbocycles. The molecule has 1 amide bonds. The van der Waals surface area contributed by atoms with Gasteiger partial charge in [0.25, 0.3) is 5.91 Å². The highest BCUT2D eigenvalue weighted by Crippen LogP contribution is 2.19. The van der Waals surface area contributed by atoms with E-state index in [-0.39, 0.29) is 17.0 Å². The van der Waals surface area contributed by atoms with Gasteiger partial charge in [-0.2, -0.15) is 0 Å². The number of amides is 1. The number of hydrogen-bond donors (Lipinski definition) is 1. The van der Waals surface area contributed by atoms with Crippen LogP contribution < -0.4 is 5.32 Å². The molecule has 1 aromatic rings. The third kappa shape index (κ3) is 4.16. The number of carbonyl (C=O) groups excluding carboxylic acids is 1. The summed E-state index contributed by atoms with van der Waals surface area (Å²) in [6, 6.07) is 4.02. The van der Waals surface area contributed by atoms with E-state index in [0.29, 0.717) is 12.3 Å². The lowest BCUT2D eigenvalue weighted by Crippen LogP contribution is -2.30. The Balaban J connectivity index is 1.81. The lowest BCUT2D eigenvalue weighted by Gasteiger charge is -2.16. The van der Waals surface area contributed by atoms with Crippen molar-refractivity contribution in [2.45, 2.75) is 32.0 Å². The maximum Gasteiger partial charge on any atom is 0.253 e. The number of halogens is 2. The third-order valence-electron chi connectivity index (χ3n) is 3.11. The molecule has 110 valence electrons. The Morgan fingerprint density at radius 2 is 2.45 bits per heavy atom. The van der Waals surface area contributed by atoms with Gasteiger partial charge in [-0.3, -0.25) is 4.79 Å². The molecule has 0 unspecified atom stereocenters. The molecule has 1 aliphatic rings. The summed E-state index contributed by atoms with van der Waals surface area (Å²) in [4.78, 5) is 11.9. The Labute approximate surface area is 122 Å². The Bertz CT molecular complexity index is 477. The number of nitrogens with one attached hydrogen (secondary N) is 1. The SMILES string of the molecule is C[C@H](OC[C@H]1CCCO1)C(=O)Nc1ccc(F)c(Cl)c1. The first kappa shape index (κ1) is 15.2. The van der Waals surface area contributed by atoms with Gasteiger partial charge < -0.3 is 14.8 Å². The average molecular weight is 302 g/mol. The highest BCUT2D eigenvalue weighted by molar-refractivity contribution is 6.31. The van der Waals surface area contributed by atoms with Crippen molar-refractivity contribution in [1.29, 1.82) is 0 Å². The van der Waals surface area contributed by atoms with Gasteiger partial charge in [0.1, 0.15) is 11.9 Å². The number of carbonyl (C=O) groups is 1. The Morgan fingerprint density at radius 1 is 1.65 bits per heavy atom. The van der Waals surface area contributed by atoms with E-state index in [0.717, 1.165) is 19.4 Å². The standard InChI is InChI=1S/C14H17ClFNO3/c1-9(20-8-11-3-2-6-19-11)14(18)17-10-4-5-13(16)12(15)7-10/h4-5,7,9,11H,2-3,6,8H2,1H3,(H,17,18)/t9-,11+/m0/s1. The van der Waals surface area contributed by atoms with Crippen molar-refractivity contribution in [3.8, 4) is 0 Å². The molecule has 0 aliphatic carbocycles. The van der Waals surface area contributed by atoms with Crippen LogP contribution >= 0.6 is 11.6 Å². The van der Waals surface area contributed by atoms with Crippen molar-refractivity contribution in [3.05, 3.63) is 29.0 Å². The van der Waals surface area contributed by atoms with E-state index in [1.807, 2.05) is 0 Å². The van der Waals surface area contributed by atoms with Crippen LogP contribution in [0.25, 0.3) is 0 Å². The van der Waals surface area contributed by atoms with Crippen molar-refractivity contribution < 1.29 is 18.7 Å². The zero-order valence-electron chi connectivity index (χ0n) is 11.2. The van der Waals surface area contributed by atoms with Gasteiger partial charge in [0.05, 0.1) is 17.7 Å². The Kier molecular flexibility index (Phi) is 5.34. The first-order chi connectivity index (χ1) is 9.56. The molecular weight excluding hydrogens is 285 g/mol. The second-order valence-corrected chi connectivity index (χ2v) is 5.14. The van der Waals surface area contributed by atoms with Crippen LogP contribution in [0.2, 0.25) is 5.02 Å². The summed E-state index contributed by atoms with van der Waals surface area (Å²) in [5.74, 6) is -0.821. The molecule has 4 nitrogen and oxygen atoms in total. The van der Waals surface area contributed by atoms with Crippen LogP contribution in [0.5, 0.6) is 0 Å². The minimum absolute atomic E-state index is 0.0317. The zero-order valence-corrected chi connectivity index (χ0v) is 12.0. The predicted octanol–water partition coefficient (Wildman–Crippen LogP) is 3.00. The van der Waals surface area contributed by atoms with Crippen LogP contribution in [0.3, 0.4) is 0 Å². The van der Waals surface area contributed by atoms with Gasteiger partial charge in [0.2, 0.25) is 0 Å². The maximum absolute atomic E-state index is 13.0. The van der Waals surface area contributed by atoms with E-state index < -0.39 is 11.9 Å². The number of ether oxygens (including phenoxy) is 2. The summed E-state index contributed by atoms with van der Waals surface area (Å²) in [6.45, 7) is 2.82. The molecule has 0 bridgehead atoms. The molecule has 1 saturated heterocycles. The highest BCUT2D eigenvalue weighted by Gasteiger charge is 2.20. The Hall–Kier alpha value is -1.17. The third-order valence-corrected chi connectivity index (χ3v) is 3.40. The van der Waals surface area contributed by atoms with Crippen molar-refractivity contribution in [3.63, 3.8) is 0 Å². The van der Waals surface area contributed by atoms with Gasteiger partial charge in [-0.15, -0.1) is 0 Å². The second-order valence-electron chi connectivity index (χ2n) is 4.73. The monoisotopic (exact) mass is 301 g/mol. The smallest absolute Gasteiger partial charge is 0.253 e. The first-order valence-electron chi connectivity index (χ1n) is 6.55. The molecule has 1 aliphatic heterocycles. The summed E-state index contributed by atoms with van der Waals surface area (Å²) < 4.78 is 23.9. The molecule has 2 rings (SSSR count). The summed E-state index contributed by atoms with van der Waals surface area (Å²) >= 11 is 5.65. The largest absolute Gasteiger partial charge is 0.376 e. The van der Waals surface area contributed by atoms with Crippen LogP contribution in [0.1, 0.15) is 19.8 Å². The molecule has 0 spiro atoms.